The molecule has 0 unspecified atom stereocenters. The lowest BCUT2D eigenvalue weighted by Crippen LogP contribution is -2.32. The molecule has 0 fully saturated rings. The summed E-state index contributed by atoms with van der Waals surface area (Å²) in [6.45, 7) is 0. The molecule has 3 N–H and O–H groups in total. The van der Waals surface area contributed by atoms with E-state index >= 15 is 0 Å². The number of carbonyl (C=O) groups is 1. The third kappa shape index (κ3) is 1.79. The normalized spacial score (nSPS) is 9.87. The second-order valence-electron chi connectivity index (χ2n) is 2.33. The van der Waals surface area contributed by atoms with E-state index in [1.54, 1.807) is 0 Å². The molecule has 0 aliphatic heterocycles. The largest absolute Gasteiger partial charge is 0.290 e. The minimum absolute atomic E-state index is 0.937. The second-order valence-corrected chi connectivity index (χ2v) is 2.33. The molecule has 1 amide bonds. The first kappa shape index (κ1) is 11.1. The van der Waals surface area contributed by atoms with E-state index < -0.39 is 34.7 Å². The third-order valence-corrected chi connectivity index (χ3v) is 1.51. The van der Waals surface area contributed by atoms with Crippen LogP contribution in [0.1, 0.15) is 15.9 Å². The van der Waals surface area contributed by atoms with Crippen LogP contribution in [-0.4, -0.2) is 17.2 Å². The fourth-order valence-corrected chi connectivity index (χ4v) is 0.886. The van der Waals surface area contributed by atoms with Gasteiger partial charge in [0, 0.05) is 0 Å². The van der Waals surface area contributed by atoms with Crippen LogP contribution in [0.15, 0.2) is 0 Å². The summed E-state index contributed by atoms with van der Waals surface area (Å²) in [6.07, 6.45) is 0.937. The van der Waals surface area contributed by atoms with Gasteiger partial charge in [-0.3, -0.25) is 15.0 Å². The second kappa shape index (κ2) is 4.05. The van der Waals surface area contributed by atoms with Crippen LogP contribution < -0.4 is 11.3 Å². The van der Waals surface area contributed by atoms with E-state index in [1.165, 1.54) is 5.43 Å². The fraction of sp³-hybridized carbons (Fsp3) is 0. The average Bonchev–Trinajstić information content (AvgIpc) is 2.21. The number of nitrogens with one attached hydrogen (secondary N) is 1. The number of nitrogens with two attached hydrogens (primary N) is 1. The zero-order valence-electron chi connectivity index (χ0n) is 6.97. The van der Waals surface area contributed by atoms with Gasteiger partial charge in [-0.25, -0.2) is 10.2 Å². The van der Waals surface area contributed by atoms with Crippen molar-refractivity contribution in [3.63, 3.8) is 0 Å². The molecule has 0 bridgehead atoms. The molecule has 1 rings (SSSR count). The third-order valence-electron chi connectivity index (χ3n) is 1.51. The Morgan fingerprint density at radius 1 is 1.33 bits per heavy atom. The van der Waals surface area contributed by atoms with Crippen LogP contribution in [0.2, 0.25) is 0 Å². The zero-order chi connectivity index (χ0) is 11.6. The summed E-state index contributed by atoms with van der Waals surface area (Å²) in [5, 5.41) is 0. The number of carbonyl (C=O) groups excluding carboxylic acids is 2. The molecule has 0 aliphatic rings. The lowest BCUT2D eigenvalue weighted by molar-refractivity contribution is 0.0947. The number of rotatable bonds is 2. The molecule has 5 nitrogen and oxygen atoms in total. The highest BCUT2D eigenvalue weighted by atomic mass is 19.2. The first-order chi connectivity index (χ1) is 7.02. The summed E-state index contributed by atoms with van der Waals surface area (Å²) in [7, 11) is 0. The van der Waals surface area contributed by atoms with E-state index in [1.807, 2.05) is 0 Å². The van der Waals surface area contributed by atoms with Gasteiger partial charge in [0.2, 0.25) is 12.2 Å². The van der Waals surface area contributed by atoms with Gasteiger partial charge in [-0.1, -0.05) is 0 Å². The van der Waals surface area contributed by atoms with Crippen molar-refractivity contribution in [2.45, 2.75) is 0 Å². The zero-order valence-corrected chi connectivity index (χ0v) is 6.97. The van der Waals surface area contributed by atoms with Crippen LogP contribution in [0, 0.1) is 17.7 Å². The Bertz CT molecular complexity index is 436. The van der Waals surface area contributed by atoms with Crippen molar-refractivity contribution in [2.24, 2.45) is 5.84 Å². The molecule has 1 aromatic heterocycles. The Hall–Kier alpha value is -1.96. The summed E-state index contributed by atoms with van der Waals surface area (Å²) < 4.78 is 38.3. The molecule has 0 aromatic carbocycles. The first-order valence-electron chi connectivity index (χ1n) is 3.46. The van der Waals surface area contributed by atoms with Crippen LogP contribution in [0.5, 0.6) is 0 Å². The Morgan fingerprint density at radius 3 is 2.40 bits per heavy atom. The molecule has 0 spiro atoms. The Morgan fingerprint density at radius 2 is 1.93 bits per heavy atom. The predicted octanol–water partition coefficient (Wildman–Crippen LogP) is -0.440. The van der Waals surface area contributed by atoms with Crippen LogP contribution in [0.25, 0.3) is 0 Å². The first-order valence-corrected chi connectivity index (χ1v) is 3.46. The quantitative estimate of drug-likeness (QED) is 0.305. The van der Waals surface area contributed by atoms with Crippen LogP contribution in [0.3, 0.4) is 0 Å². The fourth-order valence-electron chi connectivity index (χ4n) is 0.886. The van der Waals surface area contributed by atoms with Gasteiger partial charge >= 0.3 is 0 Å². The van der Waals surface area contributed by atoms with E-state index in [0.717, 1.165) is 6.29 Å². The number of amides is 1. The molecular formula is C7H3F3N3O2. The average molecular weight is 218 g/mol. The lowest BCUT2D eigenvalue weighted by atomic mass is 10.1. The standard InChI is InChI=1S/C7H3F3N3O2/c8-4-3(7(15)13-11)2(1-14)5(9)12-6(4)10/h11H2,(H,13,15). The molecule has 8 heteroatoms. The van der Waals surface area contributed by atoms with Crippen molar-refractivity contribution in [1.29, 1.82) is 0 Å². The molecule has 79 valence electrons. The van der Waals surface area contributed by atoms with Gasteiger partial charge < -0.3 is 0 Å². The van der Waals surface area contributed by atoms with Crippen molar-refractivity contribution < 1.29 is 22.8 Å². The summed E-state index contributed by atoms with van der Waals surface area (Å²) in [6, 6.07) is 0. The summed E-state index contributed by atoms with van der Waals surface area (Å²) in [5.41, 5.74) is -0.851. The highest BCUT2D eigenvalue weighted by molar-refractivity contribution is 6.01. The van der Waals surface area contributed by atoms with E-state index in [4.69, 9.17) is 0 Å². The maximum atomic E-state index is 13.0. The number of hydrazine groups is 1. The van der Waals surface area contributed by atoms with Crippen molar-refractivity contribution in [3.05, 3.63) is 28.8 Å². The molecule has 1 heterocycles. The van der Waals surface area contributed by atoms with Gasteiger partial charge in [0.1, 0.15) is 0 Å². The highest BCUT2D eigenvalue weighted by Crippen LogP contribution is 2.16. The van der Waals surface area contributed by atoms with Crippen molar-refractivity contribution >= 4 is 12.2 Å². The molecule has 0 saturated carbocycles. The van der Waals surface area contributed by atoms with Crippen molar-refractivity contribution in [1.82, 2.24) is 10.4 Å². The van der Waals surface area contributed by atoms with Gasteiger partial charge in [-0.05, 0) is 0 Å². The molecule has 0 atom stereocenters. The number of nitrogens with zero attached hydrogens (tertiary/aromatic N) is 1. The predicted molar refractivity (Wildman–Crippen MR) is 40.6 cm³/mol. The number of hydrogen-bond acceptors (Lipinski definition) is 4. The Kier molecular flexibility index (Phi) is 3.00. The SMILES string of the molecule is NNC(=O)c1c(F)c(F)nc(F)c1[C]=O. The molecule has 0 saturated heterocycles. The molecular weight excluding hydrogens is 215 g/mol. The lowest BCUT2D eigenvalue weighted by Gasteiger charge is -2.04. The van der Waals surface area contributed by atoms with Gasteiger partial charge in [0.05, 0.1) is 11.1 Å². The number of aromatic nitrogens is 1. The van der Waals surface area contributed by atoms with Gasteiger partial charge in [0.15, 0.2) is 5.82 Å². The smallest absolute Gasteiger partial charge is 0.269 e. The van der Waals surface area contributed by atoms with E-state index in [0.29, 0.717) is 0 Å². The minimum atomic E-state index is -1.84. The monoisotopic (exact) mass is 218 g/mol. The highest BCUT2D eigenvalue weighted by Gasteiger charge is 2.25. The minimum Gasteiger partial charge on any atom is -0.290 e. The summed E-state index contributed by atoms with van der Waals surface area (Å²) in [5.74, 6) is -1.97. The number of pyridine rings is 1. The number of nitrogen functional groups attached to an aromatic ring is 1. The molecule has 1 radical (unpaired) electrons. The maximum Gasteiger partial charge on any atom is 0.269 e. The van der Waals surface area contributed by atoms with E-state index in [9.17, 15) is 22.8 Å². The Labute approximate surface area is 81.1 Å². The topological polar surface area (TPSA) is 85.1 Å². The Balaban J connectivity index is 3.57. The van der Waals surface area contributed by atoms with Crippen molar-refractivity contribution in [3.8, 4) is 0 Å². The molecule has 15 heavy (non-hydrogen) atoms. The number of halogens is 3. The van der Waals surface area contributed by atoms with Crippen LogP contribution in [0.4, 0.5) is 13.2 Å². The van der Waals surface area contributed by atoms with Crippen molar-refractivity contribution in [2.75, 3.05) is 0 Å². The molecule has 1 aromatic rings. The van der Waals surface area contributed by atoms with E-state index in [-0.39, 0.29) is 0 Å². The van der Waals surface area contributed by atoms with Gasteiger partial charge in [-0.2, -0.15) is 13.8 Å². The summed E-state index contributed by atoms with van der Waals surface area (Å²) >= 11 is 0. The van der Waals surface area contributed by atoms with Crippen LogP contribution >= 0.6 is 0 Å². The number of hydrogen-bond donors (Lipinski definition) is 2. The van der Waals surface area contributed by atoms with Gasteiger partial charge in [0.25, 0.3) is 11.9 Å². The molecule has 0 aliphatic carbocycles. The summed E-state index contributed by atoms with van der Waals surface area (Å²) in [4.78, 5) is 23.5. The maximum absolute atomic E-state index is 13.0. The van der Waals surface area contributed by atoms with Gasteiger partial charge in [-0.15, -0.1) is 0 Å². The van der Waals surface area contributed by atoms with Crippen LogP contribution in [-0.2, 0) is 4.79 Å². The van der Waals surface area contributed by atoms with E-state index in [2.05, 4.69) is 10.8 Å².